The Labute approximate surface area is 185 Å². The van der Waals surface area contributed by atoms with E-state index in [1.807, 2.05) is 0 Å². The number of hydrogen-bond acceptors (Lipinski definition) is 9. The number of Topliss-reactive ketones (excluding diaryl/α,β-unsaturated/α-hetero) is 1. The van der Waals surface area contributed by atoms with E-state index in [1.165, 1.54) is 13.1 Å². The molecule has 0 aliphatic rings. The maximum Gasteiger partial charge on any atom is 0.216 e. The average molecular weight is 445 g/mol. The number of carbonyl (C=O) groups is 2. The Morgan fingerprint density at radius 2 is 1.69 bits per heavy atom. The van der Waals surface area contributed by atoms with Crippen LogP contribution in [0.15, 0.2) is 24.5 Å². The van der Waals surface area contributed by atoms with Gasteiger partial charge in [0.2, 0.25) is 5.78 Å². The van der Waals surface area contributed by atoms with Gasteiger partial charge in [0, 0.05) is 31.2 Å². The first-order valence-corrected chi connectivity index (χ1v) is 10.2. The fraction of sp³-hybridized carbons (Fsp3) is 0.476. The molecule has 0 spiro atoms. The average Bonchev–Trinajstić information content (AvgIpc) is 3.43. The minimum absolute atomic E-state index is 0.0976. The summed E-state index contributed by atoms with van der Waals surface area (Å²) in [5, 5.41) is 8.60. The van der Waals surface area contributed by atoms with Crippen LogP contribution in [-0.4, -0.2) is 89.9 Å². The third-order valence-electron chi connectivity index (χ3n) is 4.52. The van der Waals surface area contributed by atoms with Gasteiger partial charge in [0.1, 0.15) is 5.65 Å². The number of ether oxygens (including phenoxy) is 4. The van der Waals surface area contributed by atoms with E-state index < -0.39 is 0 Å². The number of methoxy groups -OCH3 is 1. The highest BCUT2D eigenvalue weighted by molar-refractivity contribution is 6.09. The number of nitrogens with one attached hydrogen (secondary N) is 1. The van der Waals surface area contributed by atoms with Crippen molar-refractivity contribution in [2.75, 3.05) is 53.4 Å². The number of rotatable bonds is 15. The van der Waals surface area contributed by atoms with Crippen molar-refractivity contribution in [1.29, 1.82) is 0 Å². The van der Waals surface area contributed by atoms with Crippen molar-refractivity contribution >= 4 is 22.6 Å². The maximum atomic E-state index is 12.7. The van der Waals surface area contributed by atoms with Gasteiger partial charge in [-0.15, -0.1) is 5.10 Å². The minimum Gasteiger partial charge on any atom is -0.382 e. The summed E-state index contributed by atoms with van der Waals surface area (Å²) in [6, 6.07) is 3.35. The Kier molecular flexibility index (Phi) is 8.99. The molecule has 1 N–H and O–H groups in total. The Morgan fingerprint density at radius 3 is 2.38 bits per heavy atom. The number of pyridine rings is 1. The molecule has 0 radical (unpaired) electrons. The molecule has 3 heterocycles. The molecule has 3 rings (SSSR count). The molecule has 0 unspecified atom stereocenters. The molecule has 3 aromatic heterocycles. The summed E-state index contributed by atoms with van der Waals surface area (Å²) in [6.07, 6.45) is 3.03. The van der Waals surface area contributed by atoms with Gasteiger partial charge in [0.05, 0.1) is 64.7 Å². The lowest BCUT2D eigenvalue weighted by Crippen LogP contribution is -2.13. The van der Waals surface area contributed by atoms with E-state index in [4.69, 9.17) is 18.9 Å². The second kappa shape index (κ2) is 12.2. The summed E-state index contributed by atoms with van der Waals surface area (Å²) >= 11 is 0. The Hall–Kier alpha value is -2.99. The van der Waals surface area contributed by atoms with E-state index in [2.05, 4.69) is 20.3 Å². The van der Waals surface area contributed by atoms with Crippen LogP contribution in [0.3, 0.4) is 0 Å². The van der Waals surface area contributed by atoms with Gasteiger partial charge in [0.25, 0.3) is 0 Å². The third kappa shape index (κ3) is 6.76. The predicted molar refractivity (Wildman–Crippen MR) is 114 cm³/mol. The molecule has 32 heavy (non-hydrogen) atoms. The Balaban J connectivity index is 1.39. The second-order valence-corrected chi connectivity index (χ2v) is 6.93. The van der Waals surface area contributed by atoms with Crippen LogP contribution >= 0.6 is 0 Å². The molecular formula is C21H27N5O6. The van der Waals surface area contributed by atoms with Crippen molar-refractivity contribution < 1.29 is 28.5 Å². The smallest absolute Gasteiger partial charge is 0.216 e. The molecule has 0 aromatic carbocycles. The summed E-state index contributed by atoms with van der Waals surface area (Å²) in [4.78, 5) is 31.3. The van der Waals surface area contributed by atoms with Gasteiger partial charge in [-0.3, -0.25) is 9.59 Å². The summed E-state index contributed by atoms with van der Waals surface area (Å²) in [5.74, 6) is -0.391. The molecule has 0 saturated heterocycles. The largest absolute Gasteiger partial charge is 0.382 e. The van der Waals surface area contributed by atoms with Gasteiger partial charge in [0.15, 0.2) is 11.5 Å². The molecule has 0 aliphatic heterocycles. The first-order valence-electron chi connectivity index (χ1n) is 10.2. The summed E-state index contributed by atoms with van der Waals surface area (Å²) in [6.45, 7) is 5.39. The number of hydrogen-bond donors (Lipinski definition) is 1. The quantitative estimate of drug-likeness (QED) is 0.271. The van der Waals surface area contributed by atoms with Crippen LogP contribution in [0, 0.1) is 0 Å². The van der Waals surface area contributed by atoms with E-state index in [1.54, 1.807) is 30.1 Å². The van der Waals surface area contributed by atoms with Gasteiger partial charge in [-0.25, -0.2) is 9.67 Å². The van der Waals surface area contributed by atoms with Crippen molar-refractivity contribution in [3.05, 3.63) is 41.5 Å². The van der Waals surface area contributed by atoms with Crippen molar-refractivity contribution in [3.8, 4) is 0 Å². The zero-order valence-electron chi connectivity index (χ0n) is 18.2. The van der Waals surface area contributed by atoms with Crippen LogP contribution in [0.5, 0.6) is 0 Å². The van der Waals surface area contributed by atoms with Crippen LogP contribution in [0.4, 0.5) is 0 Å². The van der Waals surface area contributed by atoms with Crippen LogP contribution < -0.4 is 0 Å². The Morgan fingerprint density at radius 1 is 1.00 bits per heavy atom. The van der Waals surface area contributed by atoms with Crippen LogP contribution in [0.2, 0.25) is 0 Å². The van der Waals surface area contributed by atoms with Crippen LogP contribution in [0.25, 0.3) is 11.0 Å². The molecular weight excluding hydrogens is 418 g/mol. The number of aromatic amines is 1. The standard InChI is InChI=1S/C21H27N5O6/c1-15(27)18-12-16-11-17(13-22-21(16)23-18)20(28)19-14-26(25-24-19)3-4-30-7-8-32-10-9-31-6-5-29-2/h11-14H,3-10H2,1-2H3,(H,22,23). The summed E-state index contributed by atoms with van der Waals surface area (Å²) in [7, 11) is 1.63. The van der Waals surface area contributed by atoms with E-state index in [9.17, 15) is 9.59 Å². The van der Waals surface area contributed by atoms with Crippen LogP contribution in [0.1, 0.15) is 33.5 Å². The lowest BCUT2D eigenvalue weighted by atomic mass is 10.1. The molecule has 0 fully saturated rings. The number of carbonyl (C=O) groups excluding carboxylic acids is 2. The highest BCUT2D eigenvalue weighted by Gasteiger charge is 2.16. The molecule has 0 atom stereocenters. The second-order valence-electron chi connectivity index (χ2n) is 6.93. The monoisotopic (exact) mass is 445 g/mol. The lowest BCUT2D eigenvalue weighted by Gasteiger charge is -2.06. The fourth-order valence-corrected chi connectivity index (χ4v) is 2.83. The predicted octanol–water partition coefficient (Wildman–Crippen LogP) is 1.28. The van der Waals surface area contributed by atoms with E-state index in [0.717, 1.165) is 0 Å². The third-order valence-corrected chi connectivity index (χ3v) is 4.52. The van der Waals surface area contributed by atoms with Crippen molar-refractivity contribution in [2.45, 2.75) is 13.5 Å². The first-order chi connectivity index (χ1) is 15.6. The molecule has 172 valence electrons. The molecule has 0 saturated carbocycles. The van der Waals surface area contributed by atoms with Gasteiger partial charge < -0.3 is 23.9 Å². The van der Waals surface area contributed by atoms with Gasteiger partial charge in [-0.2, -0.15) is 0 Å². The van der Waals surface area contributed by atoms with Gasteiger partial charge in [-0.1, -0.05) is 5.21 Å². The summed E-state index contributed by atoms with van der Waals surface area (Å²) in [5.41, 5.74) is 1.59. The molecule has 0 bridgehead atoms. The van der Waals surface area contributed by atoms with Crippen molar-refractivity contribution in [3.63, 3.8) is 0 Å². The van der Waals surface area contributed by atoms with E-state index >= 15 is 0 Å². The minimum atomic E-state index is -0.293. The van der Waals surface area contributed by atoms with E-state index in [-0.39, 0.29) is 17.3 Å². The molecule has 0 amide bonds. The first kappa shape index (κ1) is 23.7. The maximum absolute atomic E-state index is 12.7. The highest BCUT2D eigenvalue weighted by Crippen LogP contribution is 2.17. The molecule has 11 heteroatoms. The zero-order chi connectivity index (χ0) is 22.8. The lowest BCUT2D eigenvalue weighted by molar-refractivity contribution is 0.00244. The molecule has 11 nitrogen and oxygen atoms in total. The number of aromatic nitrogens is 5. The normalized spacial score (nSPS) is 11.3. The number of fused-ring (bicyclic) bond motifs is 1. The number of H-pyrrole nitrogens is 1. The van der Waals surface area contributed by atoms with Crippen molar-refractivity contribution in [1.82, 2.24) is 25.0 Å². The highest BCUT2D eigenvalue weighted by atomic mass is 16.6. The van der Waals surface area contributed by atoms with Crippen LogP contribution in [-0.2, 0) is 25.5 Å². The van der Waals surface area contributed by atoms with E-state index in [0.29, 0.717) is 75.1 Å². The Bertz CT molecular complexity index is 1030. The number of ketones is 2. The van der Waals surface area contributed by atoms with Gasteiger partial charge >= 0.3 is 0 Å². The molecule has 0 aliphatic carbocycles. The SMILES string of the molecule is COCCOCCOCCOCCn1cc(C(=O)c2cnc3[nH]c(C(C)=O)cc3c2)nn1. The summed E-state index contributed by atoms with van der Waals surface area (Å²) < 4.78 is 22.6. The van der Waals surface area contributed by atoms with Crippen molar-refractivity contribution in [2.24, 2.45) is 0 Å². The topological polar surface area (TPSA) is 130 Å². The zero-order valence-corrected chi connectivity index (χ0v) is 18.2. The molecule has 3 aromatic rings. The fourth-order valence-electron chi connectivity index (χ4n) is 2.83. The van der Waals surface area contributed by atoms with Gasteiger partial charge in [-0.05, 0) is 12.1 Å². The number of nitrogens with zero attached hydrogens (tertiary/aromatic N) is 4.